The molecule has 0 spiro atoms. The zero-order valence-electron chi connectivity index (χ0n) is 11.9. The average Bonchev–Trinajstić information content (AvgIpc) is 2.56. The fourth-order valence-electron chi connectivity index (χ4n) is 2.35. The van der Waals surface area contributed by atoms with Gasteiger partial charge in [-0.3, -0.25) is 0 Å². The Hall–Kier alpha value is -2.78. The van der Waals surface area contributed by atoms with Gasteiger partial charge >= 0.3 is 0 Å². The average molecular weight is 276 g/mol. The summed E-state index contributed by atoms with van der Waals surface area (Å²) in [5, 5.41) is 18.5. The van der Waals surface area contributed by atoms with Crippen LogP contribution in [0.2, 0.25) is 0 Å². The van der Waals surface area contributed by atoms with Crippen molar-refractivity contribution < 1.29 is 4.74 Å². The van der Waals surface area contributed by atoms with Crippen molar-refractivity contribution in [1.82, 2.24) is 0 Å². The Labute approximate surface area is 125 Å². The molecule has 0 aliphatic heterocycles. The van der Waals surface area contributed by atoms with Gasteiger partial charge in [-0.1, -0.05) is 42.5 Å². The Bertz CT molecular complexity index is 636. The first-order chi connectivity index (χ1) is 10.3. The van der Waals surface area contributed by atoms with Crippen molar-refractivity contribution in [2.75, 3.05) is 7.11 Å². The summed E-state index contributed by atoms with van der Waals surface area (Å²) in [5.74, 6) is 0.0104. The molecule has 0 radical (unpaired) electrons. The largest absolute Gasteiger partial charge is 0.497 e. The van der Waals surface area contributed by atoms with Crippen LogP contribution in [0.3, 0.4) is 0 Å². The highest BCUT2D eigenvalue weighted by atomic mass is 16.5. The molecule has 0 heterocycles. The van der Waals surface area contributed by atoms with Crippen LogP contribution in [0.5, 0.6) is 5.75 Å². The molecule has 0 N–H and O–H groups in total. The third-order valence-electron chi connectivity index (χ3n) is 3.52. The molecule has 3 heteroatoms. The summed E-state index contributed by atoms with van der Waals surface area (Å²) < 4.78 is 5.14. The maximum Gasteiger partial charge on any atom is 0.140 e. The van der Waals surface area contributed by atoms with E-state index < -0.39 is 5.92 Å². The zero-order chi connectivity index (χ0) is 15.1. The lowest BCUT2D eigenvalue weighted by Crippen LogP contribution is -2.12. The second-order valence-corrected chi connectivity index (χ2v) is 4.81. The molecule has 0 aliphatic rings. The van der Waals surface area contributed by atoms with Crippen molar-refractivity contribution in [2.45, 2.75) is 12.3 Å². The van der Waals surface area contributed by atoms with Gasteiger partial charge in [-0.05, 0) is 29.7 Å². The first-order valence-corrected chi connectivity index (χ1v) is 6.75. The summed E-state index contributed by atoms with van der Waals surface area (Å²) in [7, 11) is 1.63. The quantitative estimate of drug-likeness (QED) is 0.837. The van der Waals surface area contributed by atoms with E-state index in [2.05, 4.69) is 12.1 Å². The zero-order valence-corrected chi connectivity index (χ0v) is 11.9. The lowest BCUT2D eigenvalue weighted by molar-refractivity contribution is 0.414. The third kappa shape index (κ3) is 3.61. The van der Waals surface area contributed by atoms with E-state index in [0.29, 0.717) is 6.42 Å². The predicted octanol–water partition coefficient (Wildman–Crippen LogP) is 3.68. The molecular weight excluding hydrogens is 260 g/mol. The topological polar surface area (TPSA) is 56.8 Å². The predicted molar refractivity (Wildman–Crippen MR) is 80.6 cm³/mol. The van der Waals surface area contributed by atoms with Gasteiger partial charge in [0.2, 0.25) is 0 Å². The van der Waals surface area contributed by atoms with Crippen LogP contribution >= 0.6 is 0 Å². The van der Waals surface area contributed by atoms with Crippen LogP contribution in [0, 0.1) is 28.6 Å². The van der Waals surface area contributed by atoms with E-state index in [1.54, 1.807) is 7.11 Å². The number of nitriles is 2. The molecule has 0 amide bonds. The number of ether oxygens (including phenoxy) is 1. The SMILES string of the molecule is COc1ccc(C[C@H](c2ccccc2)C(C#N)C#N)cc1. The monoisotopic (exact) mass is 276 g/mol. The van der Waals surface area contributed by atoms with E-state index in [-0.39, 0.29) is 5.92 Å². The van der Waals surface area contributed by atoms with Gasteiger partial charge in [-0.2, -0.15) is 10.5 Å². The molecule has 1 atom stereocenters. The van der Waals surface area contributed by atoms with Crippen molar-refractivity contribution in [3.05, 3.63) is 65.7 Å². The van der Waals surface area contributed by atoms with Crippen LogP contribution in [0.1, 0.15) is 17.0 Å². The fourth-order valence-corrected chi connectivity index (χ4v) is 2.35. The van der Waals surface area contributed by atoms with E-state index in [4.69, 9.17) is 4.74 Å². The molecule has 0 aromatic heterocycles. The smallest absolute Gasteiger partial charge is 0.140 e. The van der Waals surface area contributed by atoms with Crippen LogP contribution in [0.25, 0.3) is 0 Å². The molecule has 0 aliphatic carbocycles. The standard InChI is InChI=1S/C18H16N2O/c1-21-17-9-7-14(8-10-17)11-18(16(12-19)13-20)15-5-3-2-4-6-15/h2-10,16,18H,11H2,1H3/t18-/m1/s1. The summed E-state index contributed by atoms with van der Waals surface area (Å²) in [6, 6.07) is 21.7. The maximum absolute atomic E-state index is 9.23. The molecule has 0 unspecified atom stereocenters. The van der Waals surface area contributed by atoms with Crippen LogP contribution in [-0.2, 0) is 6.42 Å². The summed E-state index contributed by atoms with van der Waals surface area (Å²) in [6.45, 7) is 0. The minimum atomic E-state index is -0.658. The lowest BCUT2D eigenvalue weighted by atomic mass is 9.83. The first-order valence-electron chi connectivity index (χ1n) is 6.75. The molecule has 104 valence electrons. The van der Waals surface area contributed by atoms with Crippen molar-refractivity contribution in [1.29, 1.82) is 10.5 Å². The van der Waals surface area contributed by atoms with Crippen LogP contribution in [-0.4, -0.2) is 7.11 Å². The minimum Gasteiger partial charge on any atom is -0.497 e. The van der Waals surface area contributed by atoms with E-state index in [0.717, 1.165) is 16.9 Å². The third-order valence-corrected chi connectivity index (χ3v) is 3.52. The Balaban J connectivity index is 2.28. The van der Waals surface area contributed by atoms with Gasteiger partial charge in [0, 0.05) is 5.92 Å². The highest BCUT2D eigenvalue weighted by molar-refractivity contribution is 5.32. The van der Waals surface area contributed by atoms with Crippen LogP contribution in [0.4, 0.5) is 0 Å². The van der Waals surface area contributed by atoms with Crippen molar-refractivity contribution >= 4 is 0 Å². The Kier molecular flexibility index (Phi) is 4.96. The van der Waals surface area contributed by atoms with Gasteiger partial charge in [0.05, 0.1) is 19.2 Å². The summed E-state index contributed by atoms with van der Waals surface area (Å²) in [4.78, 5) is 0. The minimum absolute atomic E-state index is 0.130. The Morgan fingerprint density at radius 1 is 0.952 bits per heavy atom. The van der Waals surface area contributed by atoms with Gasteiger partial charge in [0.15, 0.2) is 0 Å². The number of hydrogen-bond acceptors (Lipinski definition) is 3. The molecule has 3 nitrogen and oxygen atoms in total. The molecule has 0 fully saturated rings. The number of methoxy groups -OCH3 is 1. The summed E-state index contributed by atoms with van der Waals surface area (Å²) >= 11 is 0. The van der Waals surface area contributed by atoms with Gasteiger partial charge in [-0.15, -0.1) is 0 Å². The fraction of sp³-hybridized carbons (Fsp3) is 0.222. The highest BCUT2D eigenvalue weighted by Crippen LogP contribution is 2.28. The van der Waals surface area contributed by atoms with Crippen molar-refractivity contribution in [2.24, 2.45) is 5.92 Å². The second-order valence-electron chi connectivity index (χ2n) is 4.81. The highest BCUT2D eigenvalue weighted by Gasteiger charge is 2.23. The maximum atomic E-state index is 9.23. The molecule has 2 aromatic rings. The van der Waals surface area contributed by atoms with Crippen molar-refractivity contribution in [3.63, 3.8) is 0 Å². The molecule has 2 aromatic carbocycles. The van der Waals surface area contributed by atoms with Gasteiger partial charge < -0.3 is 4.74 Å². The second kappa shape index (κ2) is 7.12. The normalized spacial score (nSPS) is 11.4. The molecule has 2 rings (SSSR count). The summed E-state index contributed by atoms with van der Waals surface area (Å²) in [6.07, 6.45) is 0.653. The number of rotatable bonds is 5. The van der Waals surface area contributed by atoms with Crippen LogP contribution < -0.4 is 4.74 Å². The summed E-state index contributed by atoms with van der Waals surface area (Å²) in [5.41, 5.74) is 2.10. The van der Waals surface area contributed by atoms with Gasteiger partial charge in [-0.25, -0.2) is 0 Å². The van der Waals surface area contributed by atoms with Crippen molar-refractivity contribution in [3.8, 4) is 17.9 Å². The van der Waals surface area contributed by atoms with E-state index >= 15 is 0 Å². The van der Waals surface area contributed by atoms with E-state index in [1.807, 2.05) is 54.6 Å². The van der Waals surface area contributed by atoms with E-state index in [1.165, 1.54) is 0 Å². The lowest BCUT2D eigenvalue weighted by Gasteiger charge is -2.18. The molecule has 21 heavy (non-hydrogen) atoms. The Morgan fingerprint density at radius 3 is 2.10 bits per heavy atom. The van der Waals surface area contributed by atoms with Crippen LogP contribution in [0.15, 0.2) is 54.6 Å². The number of hydrogen-bond donors (Lipinski definition) is 0. The van der Waals surface area contributed by atoms with Gasteiger partial charge in [0.25, 0.3) is 0 Å². The molecular formula is C18H16N2O. The Morgan fingerprint density at radius 2 is 1.57 bits per heavy atom. The number of nitrogens with zero attached hydrogens (tertiary/aromatic N) is 2. The molecule has 0 saturated carbocycles. The first kappa shape index (κ1) is 14.6. The molecule has 0 saturated heterocycles. The number of benzene rings is 2. The van der Waals surface area contributed by atoms with E-state index in [9.17, 15) is 10.5 Å². The van der Waals surface area contributed by atoms with Gasteiger partial charge in [0.1, 0.15) is 11.7 Å². The molecule has 0 bridgehead atoms.